The molecule has 1 fully saturated rings. The van der Waals surface area contributed by atoms with Crippen LogP contribution in [0.1, 0.15) is 24.1 Å². The minimum absolute atomic E-state index is 0.00685. The van der Waals surface area contributed by atoms with Crippen LogP contribution >= 0.6 is 11.6 Å². The first kappa shape index (κ1) is 12.0. The topological polar surface area (TPSA) is 47.3 Å². The Balaban J connectivity index is 2.23. The standard InChI is InChI=1S/C13H15ClN2O2/c1-2-9-11(5-17)10-3-4-16(8-6-18-7-8)13(10)15-12(9)14/h3-4,8,17H,2,5-7H2,1H3. The van der Waals surface area contributed by atoms with Crippen LogP contribution in [0.25, 0.3) is 11.0 Å². The summed E-state index contributed by atoms with van der Waals surface area (Å²) >= 11 is 6.22. The fraction of sp³-hybridized carbons (Fsp3) is 0.462. The van der Waals surface area contributed by atoms with Crippen LogP contribution in [0, 0.1) is 0 Å². The van der Waals surface area contributed by atoms with E-state index >= 15 is 0 Å². The van der Waals surface area contributed by atoms with E-state index in [4.69, 9.17) is 16.3 Å². The van der Waals surface area contributed by atoms with Gasteiger partial charge in [0.25, 0.3) is 0 Å². The van der Waals surface area contributed by atoms with Crippen LogP contribution in [-0.4, -0.2) is 27.9 Å². The van der Waals surface area contributed by atoms with Gasteiger partial charge in [0.2, 0.25) is 0 Å². The Morgan fingerprint density at radius 3 is 2.83 bits per heavy atom. The lowest BCUT2D eigenvalue weighted by atomic mass is 10.1. The molecule has 0 spiro atoms. The Morgan fingerprint density at radius 2 is 2.28 bits per heavy atom. The third-order valence-corrected chi connectivity index (χ3v) is 3.87. The number of halogens is 1. The van der Waals surface area contributed by atoms with Gasteiger partial charge >= 0.3 is 0 Å². The van der Waals surface area contributed by atoms with Crippen molar-refractivity contribution in [2.24, 2.45) is 0 Å². The van der Waals surface area contributed by atoms with Crippen LogP contribution < -0.4 is 0 Å². The molecule has 1 aliphatic heterocycles. The molecular weight excluding hydrogens is 252 g/mol. The van der Waals surface area contributed by atoms with Gasteiger partial charge in [-0.25, -0.2) is 4.98 Å². The summed E-state index contributed by atoms with van der Waals surface area (Å²) in [6.45, 7) is 3.44. The second-order valence-electron chi connectivity index (χ2n) is 4.52. The Hall–Kier alpha value is -1.10. The lowest BCUT2D eigenvalue weighted by Gasteiger charge is -2.28. The third kappa shape index (κ3) is 1.64. The van der Waals surface area contributed by atoms with Gasteiger partial charge in [-0.15, -0.1) is 0 Å². The van der Waals surface area contributed by atoms with Crippen molar-refractivity contribution in [1.82, 2.24) is 9.55 Å². The molecule has 96 valence electrons. The van der Waals surface area contributed by atoms with Crippen LogP contribution in [0.15, 0.2) is 12.3 Å². The van der Waals surface area contributed by atoms with Crippen molar-refractivity contribution >= 4 is 22.6 Å². The van der Waals surface area contributed by atoms with Crippen LogP contribution in [0.3, 0.4) is 0 Å². The highest BCUT2D eigenvalue weighted by Crippen LogP contribution is 2.31. The molecule has 5 heteroatoms. The minimum Gasteiger partial charge on any atom is -0.392 e. The van der Waals surface area contributed by atoms with Gasteiger partial charge in [-0.1, -0.05) is 18.5 Å². The maximum atomic E-state index is 9.57. The Bertz CT molecular complexity index is 590. The van der Waals surface area contributed by atoms with Gasteiger partial charge in [-0.2, -0.15) is 0 Å². The first-order chi connectivity index (χ1) is 8.76. The number of fused-ring (bicyclic) bond motifs is 1. The maximum Gasteiger partial charge on any atom is 0.142 e. The average Bonchev–Trinajstić information content (AvgIpc) is 2.69. The van der Waals surface area contributed by atoms with E-state index in [1.165, 1.54) is 0 Å². The van der Waals surface area contributed by atoms with Crippen molar-refractivity contribution in [1.29, 1.82) is 0 Å². The molecule has 2 aromatic heterocycles. The van der Waals surface area contributed by atoms with E-state index in [2.05, 4.69) is 9.55 Å². The zero-order valence-corrected chi connectivity index (χ0v) is 10.9. The molecule has 0 atom stereocenters. The summed E-state index contributed by atoms with van der Waals surface area (Å²) in [5.74, 6) is 0. The zero-order chi connectivity index (χ0) is 12.7. The predicted molar refractivity (Wildman–Crippen MR) is 69.9 cm³/mol. The second-order valence-corrected chi connectivity index (χ2v) is 4.88. The fourth-order valence-electron chi connectivity index (χ4n) is 2.46. The predicted octanol–water partition coefficient (Wildman–Crippen LogP) is 2.32. The lowest BCUT2D eigenvalue weighted by Crippen LogP contribution is -2.30. The van der Waals surface area contributed by atoms with E-state index in [0.717, 1.165) is 28.6 Å². The number of aliphatic hydroxyl groups excluding tert-OH is 1. The normalized spacial score (nSPS) is 16.2. The van der Waals surface area contributed by atoms with E-state index in [0.29, 0.717) is 24.4 Å². The van der Waals surface area contributed by atoms with Crippen molar-refractivity contribution in [2.45, 2.75) is 26.0 Å². The van der Waals surface area contributed by atoms with Crippen molar-refractivity contribution in [3.63, 3.8) is 0 Å². The molecule has 3 heterocycles. The number of aromatic nitrogens is 2. The van der Waals surface area contributed by atoms with E-state index in [1.807, 2.05) is 19.2 Å². The van der Waals surface area contributed by atoms with E-state index in [9.17, 15) is 5.11 Å². The monoisotopic (exact) mass is 266 g/mol. The lowest BCUT2D eigenvalue weighted by molar-refractivity contribution is -0.0216. The second kappa shape index (κ2) is 4.53. The Morgan fingerprint density at radius 1 is 1.50 bits per heavy atom. The Kier molecular flexibility index (Phi) is 3.01. The number of ether oxygens (including phenoxy) is 1. The summed E-state index contributed by atoms with van der Waals surface area (Å²) in [6.07, 6.45) is 2.77. The summed E-state index contributed by atoms with van der Waals surface area (Å²) in [6, 6.07) is 2.34. The number of nitrogens with zero attached hydrogens (tertiary/aromatic N) is 2. The molecule has 18 heavy (non-hydrogen) atoms. The number of rotatable bonds is 3. The SMILES string of the molecule is CCc1c(Cl)nc2c(ccn2C2COC2)c1CO. The van der Waals surface area contributed by atoms with Gasteiger partial charge in [-0.3, -0.25) is 0 Å². The van der Waals surface area contributed by atoms with Gasteiger partial charge in [0.15, 0.2) is 0 Å². The zero-order valence-electron chi connectivity index (χ0n) is 10.2. The molecule has 1 saturated heterocycles. The summed E-state index contributed by atoms with van der Waals surface area (Å²) in [7, 11) is 0. The largest absolute Gasteiger partial charge is 0.392 e. The van der Waals surface area contributed by atoms with E-state index in [-0.39, 0.29) is 6.61 Å². The molecule has 0 amide bonds. The molecule has 1 aliphatic rings. The molecular formula is C13H15ClN2O2. The highest BCUT2D eigenvalue weighted by Gasteiger charge is 2.23. The first-order valence-electron chi connectivity index (χ1n) is 6.12. The minimum atomic E-state index is -0.00685. The van der Waals surface area contributed by atoms with Gasteiger partial charge in [0.05, 0.1) is 25.9 Å². The van der Waals surface area contributed by atoms with Crippen molar-refractivity contribution < 1.29 is 9.84 Å². The smallest absolute Gasteiger partial charge is 0.142 e. The molecule has 0 bridgehead atoms. The molecule has 3 rings (SSSR count). The molecule has 0 saturated carbocycles. The fourth-order valence-corrected chi connectivity index (χ4v) is 2.79. The summed E-state index contributed by atoms with van der Waals surface area (Å²) in [5, 5.41) is 11.1. The molecule has 0 aromatic carbocycles. The molecule has 2 aromatic rings. The van der Waals surface area contributed by atoms with E-state index < -0.39 is 0 Å². The molecule has 1 N–H and O–H groups in total. The highest BCUT2D eigenvalue weighted by atomic mass is 35.5. The molecule has 0 unspecified atom stereocenters. The van der Waals surface area contributed by atoms with Crippen molar-refractivity contribution in [2.75, 3.05) is 13.2 Å². The summed E-state index contributed by atoms with van der Waals surface area (Å²) in [5.41, 5.74) is 2.68. The molecule has 0 aliphatic carbocycles. The van der Waals surface area contributed by atoms with E-state index in [1.54, 1.807) is 0 Å². The molecule has 0 radical (unpaired) electrons. The number of hydrogen-bond acceptors (Lipinski definition) is 3. The highest BCUT2D eigenvalue weighted by molar-refractivity contribution is 6.30. The van der Waals surface area contributed by atoms with Crippen molar-refractivity contribution in [3.8, 4) is 0 Å². The number of aliphatic hydroxyl groups is 1. The van der Waals surface area contributed by atoms with Crippen molar-refractivity contribution in [3.05, 3.63) is 28.5 Å². The first-order valence-corrected chi connectivity index (χ1v) is 6.50. The number of hydrogen-bond donors (Lipinski definition) is 1. The van der Waals surface area contributed by atoms with Crippen LogP contribution in [0.2, 0.25) is 5.15 Å². The summed E-state index contributed by atoms with van der Waals surface area (Å²) < 4.78 is 7.29. The summed E-state index contributed by atoms with van der Waals surface area (Å²) in [4.78, 5) is 4.48. The quantitative estimate of drug-likeness (QED) is 0.868. The third-order valence-electron chi connectivity index (χ3n) is 3.56. The molecule has 4 nitrogen and oxygen atoms in total. The van der Waals surface area contributed by atoms with Crippen LogP contribution in [-0.2, 0) is 17.8 Å². The van der Waals surface area contributed by atoms with Gasteiger partial charge in [-0.05, 0) is 23.6 Å². The maximum absolute atomic E-state index is 9.57. The van der Waals surface area contributed by atoms with Crippen LogP contribution in [0.4, 0.5) is 0 Å². The average molecular weight is 267 g/mol. The Labute approximate surface area is 110 Å². The van der Waals surface area contributed by atoms with Gasteiger partial charge in [0.1, 0.15) is 10.8 Å². The number of pyridine rings is 1. The van der Waals surface area contributed by atoms with Gasteiger partial charge in [0, 0.05) is 11.6 Å². The van der Waals surface area contributed by atoms with Crippen LogP contribution in [0.5, 0.6) is 0 Å². The van der Waals surface area contributed by atoms with Gasteiger partial charge < -0.3 is 14.4 Å².